The van der Waals surface area contributed by atoms with E-state index in [1.54, 1.807) is 12.1 Å². The minimum Gasteiger partial charge on any atom is -0.489 e. The van der Waals surface area contributed by atoms with Crippen molar-refractivity contribution in [2.45, 2.75) is 6.92 Å². The summed E-state index contributed by atoms with van der Waals surface area (Å²) in [5.41, 5.74) is 0.200. The van der Waals surface area contributed by atoms with Crippen LogP contribution in [-0.2, 0) is 0 Å². The number of carboxylic acids is 1. The molecule has 0 heterocycles. The predicted molar refractivity (Wildman–Crippen MR) is 66.4 cm³/mol. The lowest BCUT2D eigenvalue weighted by atomic mass is 10.2. The Bertz CT molecular complexity index is 385. The van der Waals surface area contributed by atoms with Crippen LogP contribution in [0.5, 0.6) is 5.75 Å². The number of benzene rings is 1. The Kier molecular flexibility index (Phi) is 4.61. The number of aromatic carboxylic acids is 1. The summed E-state index contributed by atoms with van der Waals surface area (Å²) >= 11 is 2.07. The molecule has 0 atom stereocenters. The first-order valence-corrected chi connectivity index (χ1v) is 5.50. The van der Waals surface area contributed by atoms with Crippen molar-refractivity contribution in [1.82, 2.24) is 0 Å². The largest absolute Gasteiger partial charge is 0.489 e. The van der Waals surface area contributed by atoms with Crippen LogP contribution in [0.3, 0.4) is 0 Å². The van der Waals surface area contributed by atoms with Crippen molar-refractivity contribution in [1.29, 1.82) is 0 Å². The van der Waals surface area contributed by atoms with Gasteiger partial charge in [0.1, 0.15) is 17.9 Å². The molecule has 0 saturated carbocycles. The lowest BCUT2D eigenvalue weighted by molar-refractivity contribution is 0.0692. The number of carbonyl (C=O) groups is 1. The smallest absolute Gasteiger partial charge is 0.339 e. The molecule has 1 aromatic rings. The van der Waals surface area contributed by atoms with Gasteiger partial charge in [-0.05, 0) is 47.7 Å². The maximum Gasteiger partial charge on any atom is 0.339 e. The average molecular weight is 318 g/mol. The van der Waals surface area contributed by atoms with E-state index >= 15 is 0 Å². The van der Waals surface area contributed by atoms with Crippen LogP contribution in [-0.4, -0.2) is 17.7 Å². The first kappa shape index (κ1) is 12.0. The lowest BCUT2D eigenvalue weighted by Crippen LogP contribution is -2.03. The number of carboxylic acid groups (broad SMARTS) is 1. The fourth-order valence-corrected chi connectivity index (χ4v) is 1.52. The van der Waals surface area contributed by atoms with E-state index in [0.29, 0.717) is 12.4 Å². The highest BCUT2D eigenvalue weighted by Crippen LogP contribution is 2.21. The van der Waals surface area contributed by atoms with Gasteiger partial charge in [0.15, 0.2) is 0 Å². The Morgan fingerprint density at radius 2 is 2.33 bits per heavy atom. The number of ether oxygens (including phenoxy) is 1. The number of halogens is 1. The predicted octanol–water partition coefficient (Wildman–Crippen LogP) is 2.94. The van der Waals surface area contributed by atoms with E-state index in [4.69, 9.17) is 9.84 Å². The van der Waals surface area contributed by atoms with E-state index in [9.17, 15) is 4.79 Å². The van der Waals surface area contributed by atoms with E-state index in [1.807, 2.05) is 25.1 Å². The molecule has 0 fully saturated rings. The summed E-state index contributed by atoms with van der Waals surface area (Å²) in [6.07, 6.45) is 3.68. The van der Waals surface area contributed by atoms with Crippen molar-refractivity contribution in [3.8, 4) is 5.75 Å². The van der Waals surface area contributed by atoms with Crippen molar-refractivity contribution in [2.75, 3.05) is 6.61 Å². The molecule has 1 N–H and O–H groups in total. The third-order valence-electron chi connectivity index (χ3n) is 1.74. The Morgan fingerprint density at radius 1 is 1.60 bits per heavy atom. The van der Waals surface area contributed by atoms with Crippen LogP contribution in [0.2, 0.25) is 0 Å². The Morgan fingerprint density at radius 3 is 2.93 bits per heavy atom. The Hall–Kier alpha value is -1.04. The maximum absolute atomic E-state index is 10.9. The zero-order valence-corrected chi connectivity index (χ0v) is 10.4. The summed E-state index contributed by atoms with van der Waals surface area (Å²) in [5.74, 6) is -0.565. The third kappa shape index (κ3) is 3.54. The van der Waals surface area contributed by atoms with Crippen molar-refractivity contribution in [3.05, 3.63) is 39.5 Å². The molecule has 4 heteroatoms. The molecule has 0 saturated heterocycles. The molecule has 0 spiro atoms. The van der Waals surface area contributed by atoms with Crippen molar-refractivity contribution >= 4 is 28.6 Å². The molecule has 0 aliphatic carbocycles. The first-order valence-electron chi connectivity index (χ1n) is 4.42. The van der Waals surface area contributed by atoms with Crippen molar-refractivity contribution in [2.24, 2.45) is 0 Å². The van der Waals surface area contributed by atoms with Gasteiger partial charge in [-0.3, -0.25) is 0 Å². The summed E-state index contributed by atoms with van der Waals surface area (Å²) in [4.78, 5) is 10.9. The standard InChI is InChI=1S/C11H11IO3/c1-2-3-6-15-10-5-4-8(12)7-9(10)11(13)14/h2-5,7H,6H2,1H3,(H,13,14)/b3-2+. The number of allylic oxidation sites excluding steroid dienone is 1. The van der Waals surface area contributed by atoms with Crippen LogP contribution in [0.4, 0.5) is 0 Å². The second-order valence-corrected chi connectivity index (χ2v) is 4.07. The second-order valence-electron chi connectivity index (χ2n) is 2.83. The summed E-state index contributed by atoms with van der Waals surface area (Å²) in [7, 11) is 0. The quantitative estimate of drug-likeness (QED) is 0.686. The van der Waals surface area contributed by atoms with Crippen LogP contribution >= 0.6 is 22.6 Å². The summed E-state index contributed by atoms with van der Waals surface area (Å²) < 4.78 is 6.20. The van der Waals surface area contributed by atoms with Crippen LogP contribution in [0.15, 0.2) is 30.4 Å². The molecule has 1 aromatic carbocycles. The molecule has 0 radical (unpaired) electrons. The minimum atomic E-state index is -0.969. The van der Waals surface area contributed by atoms with Crippen molar-refractivity contribution in [3.63, 3.8) is 0 Å². The van der Waals surface area contributed by atoms with Gasteiger partial charge in [-0.15, -0.1) is 0 Å². The molecule has 0 aliphatic rings. The van der Waals surface area contributed by atoms with Gasteiger partial charge in [0, 0.05) is 3.57 Å². The minimum absolute atomic E-state index is 0.200. The van der Waals surface area contributed by atoms with Gasteiger partial charge in [-0.2, -0.15) is 0 Å². The Labute approximate surface area is 102 Å². The van der Waals surface area contributed by atoms with Crippen LogP contribution in [0, 0.1) is 3.57 Å². The second kappa shape index (κ2) is 5.75. The highest BCUT2D eigenvalue weighted by atomic mass is 127. The van der Waals surface area contributed by atoms with Crippen LogP contribution in [0.1, 0.15) is 17.3 Å². The molecule has 0 amide bonds. The molecule has 1 rings (SSSR count). The first-order chi connectivity index (χ1) is 7.15. The molecule has 3 nitrogen and oxygen atoms in total. The van der Waals surface area contributed by atoms with Gasteiger partial charge in [0.25, 0.3) is 0 Å². The monoisotopic (exact) mass is 318 g/mol. The molecule has 0 unspecified atom stereocenters. The molecule has 0 bridgehead atoms. The molecule has 80 valence electrons. The van der Waals surface area contributed by atoms with Crippen LogP contribution in [0.25, 0.3) is 0 Å². The van der Waals surface area contributed by atoms with E-state index in [2.05, 4.69) is 22.6 Å². The average Bonchev–Trinajstić information content (AvgIpc) is 2.20. The van der Waals surface area contributed by atoms with Gasteiger partial charge in [-0.25, -0.2) is 4.79 Å². The van der Waals surface area contributed by atoms with Crippen molar-refractivity contribution < 1.29 is 14.6 Å². The van der Waals surface area contributed by atoms with Gasteiger partial charge in [-0.1, -0.05) is 12.2 Å². The maximum atomic E-state index is 10.9. The van der Waals surface area contributed by atoms with E-state index in [1.165, 1.54) is 0 Å². The zero-order chi connectivity index (χ0) is 11.3. The summed E-state index contributed by atoms with van der Waals surface area (Å²) in [5, 5.41) is 8.95. The molecule has 0 aliphatic heterocycles. The Balaban J connectivity index is 2.90. The number of rotatable bonds is 4. The fraction of sp³-hybridized carbons (Fsp3) is 0.182. The fourth-order valence-electron chi connectivity index (χ4n) is 1.03. The van der Waals surface area contributed by atoms with Crippen LogP contribution < -0.4 is 4.74 Å². The van der Waals surface area contributed by atoms with Gasteiger partial charge < -0.3 is 9.84 Å². The highest BCUT2D eigenvalue weighted by molar-refractivity contribution is 14.1. The van der Waals surface area contributed by atoms with Gasteiger partial charge >= 0.3 is 5.97 Å². The van der Waals surface area contributed by atoms with E-state index in [0.717, 1.165) is 3.57 Å². The number of hydrogen-bond donors (Lipinski definition) is 1. The molecule has 0 aromatic heterocycles. The molecular weight excluding hydrogens is 307 g/mol. The third-order valence-corrected chi connectivity index (χ3v) is 2.41. The van der Waals surface area contributed by atoms with Gasteiger partial charge in [0.2, 0.25) is 0 Å². The number of hydrogen-bond acceptors (Lipinski definition) is 2. The highest BCUT2D eigenvalue weighted by Gasteiger charge is 2.10. The van der Waals surface area contributed by atoms with E-state index in [-0.39, 0.29) is 5.56 Å². The zero-order valence-electron chi connectivity index (χ0n) is 8.24. The lowest BCUT2D eigenvalue weighted by Gasteiger charge is -2.07. The normalized spacial score (nSPS) is 10.5. The topological polar surface area (TPSA) is 46.5 Å². The van der Waals surface area contributed by atoms with Gasteiger partial charge in [0.05, 0.1) is 0 Å². The summed E-state index contributed by atoms with van der Waals surface area (Å²) in [6.45, 7) is 2.27. The van der Waals surface area contributed by atoms with E-state index < -0.39 is 5.97 Å². The molecular formula is C11H11IO3. The molecule has 15 heavy (non-hydrogen) atoms. The summed E-state index contributed by atoms with van der Waals surface area (Å²) in [6, 6.07) is 5.08. The SMILES string of the molecule is C/C=C/COc1ccc(I)cc1C(=O)O.